The lowest BCUT2D eigenvalue weighted by Crippen LogP contribution is -1.96. The molecule has 0 aliphatic rings. The summed E-state index contributed by atoms with van der Waals surface area (Å²) in [5.41, 5.74) is 0.0769. The normalized spacial score (nSPS) is 8.93. The van der Waals surface area contributed by atoms with Gasteiger partial charge in [0.2, 0.25) is 0 Å². The van der Waals surface area contributed by atoms with E-state index in [2.05, 4.69) is 0 Å². The average Bonchev–Trinajstić information content (AvgIpc) is 2.18. The zero-order chi connectivity index (χ0) is 11.3. The number of carbonyl (C=O) groups is 1. The van der Waals surface area contributed by atoms with Gasteiger partial charge in [-0.3, -0.25) is 0 Å². The topological polar surface area (TPSA) is 84.9 Å². The maximum absolute atomic E-state index is 10.7. The summed E-state index contributed by atoms with van der Waals surface area (Å²) in [6, 6.07) is 4.41. The molecular formula is C9H4N2O2S2. The molecule has 0 aliphatic carbocycles. The second-order valence-corrected chi connectivity index (χ2v) is 4.10. The number of nitriles is 2. The first-order chi connectivity index (χ1) is 7.17. The van der Waals surface area contributed by atoms with Crippen molar-refractivity contribution in [1.82, 2.24) is 0 Å². The molecule has 6 heteroatoms. The van der Waals surface area contributed by atoms with Crippen LogP contribution in [0.4, 0.5) is 0 Å². The summed E-state index contributed by atoms with van der Waals surface area (Å²) in [5, 5.41) is 29.4. The number of benzene rings is 1. The molecule has 4 nitrogen and oxygen atoms in total. The minimum absolute atomic E-state index is 0.0769. The van der Waals surface area contributed by atoms with Gasteiger partial charge in [-0.15, -0.1) is 0 Å². The van der Waals surface area contributed by atoms with Gasteiger partial charge in [-0.25, -0.2) is 4.79 Å². The molecule has 0 atom stereocenters. The largest absolute Gasteiger partial charge is 0.478 e. The summed E-state index contributed by atoms with van der Waals surface area (Å²) in [6.45, 7) is 0. The van der Waals surface area contributed by atoms with Crippen molar-refractivity contribution in [1.29, 1.82) is 10.5 Å². The van der Waals surface area contributed by atoms with Crippen molar-refractivity contribution in [3.63, 3.8) is 0 Å². The molecule has 0 aliphatic heterocycles. The van der Waals surface area contributed by atoms with E-state index < -0.39 is 5.97 Å². The van der Waals surface area contributed by atoms with Crippen molar-refractivity contribution >= 4 is 29.5 Å². The molecule has 1 N–H and O–H groups in total. The van der Waals surface area contributed by atoms with Crippen molar-refractivity contribution in [2.75, 3.05) is 0 Å². The molecule has 1 rings (SSSR count). The highest BCUT2D eigenvalue weighted by molar-refractivity contribution is 8.04. The zero-order valence-electron chi connectivity index (χ0n) is 7.30. The number of aromatic carboxylic acids is 1. The van der Waals surface area contributed by atoms with Crippen LogP contribution in [0.15, 0.2) is 28.0 Å². The molecule has 74 valence electrons. The fraction of sp³-hybridized carbons (Fsp3) is 0. The van der Waals surface area contributed by atoms with Gasteiger partial charge in [-0.05, 0) is 41.7 Å². The van der Waals surface area contributed by atoms with Gasteiger partial charge in [0, 0.05) is 9.79 Å². The third-order valence-corrected chi connectivity index (χ3v) is 2.58. The molecule has 0 aromatic heterocycles. The Bertz CT molecular complexity index is 440. The first kappa shape index (κ1) is 11.4. The number of carboxylic acid groups (broad SMARTS) is 1. The number of rotatable bonds is 3. The van der Waals surface area contributed by atoms with E-state index in [9.17, 15) is 4.79 Å². The van der Waals surface area contributed by atoms with Crippen LogP contribution >= 0.6 is 23.5 Å². The lowest BCUT2D eigenvalue weighted by atomic mass is 10.2. The Kier molecular flexibility index (Phi) is 4.04. The van der Waals surface area contributed by atoms with Gasteiger partial charge >= 0.3 is 5.97 Å². The lowest BCUT2D eigenvalue weighted by Gasteiger charge is -2.00. The quantitative estimate of drug-likeness (QED) is 0.641. The Morgan fingerprint density at radius 2 is 1.60 bits per heavy atom. The molecule has 0 amide bonds. The molecule has 0 heterocycles. The van der Waals surface area contributed by atoms with Gasteiger partial charge in [0.15, 0.2) is 0 Å². The van der Waals surface area contributed by atoms with Crippen LogP contribution in [0.1, 0.15) is 10.4 Å². The molecule has 15 heavy (non-hydrogen) atoms. The smallest absolute Gasteiger partial charge is 0.335 e. The molecule has 0 saturated carbocycles. The molecule has 0 spiro atoms. The summed E-state index contributed by atoms with van der Waals surface area (Å²) in [4.78, 5) is 11.8. The maximum Gasteiger partial charge on any atom is 0.335 e. The summed E-state index contributed by atoms with van der Waals surface area (Å²) in [5.74, 6) is -1.07. The summed E-state index contributed by atoms with van der Waals surface area (Å²) >= 11 is 1.73. The molecule has 0 unspecified atom stereocenters. The van der Waals surface area contributed by atoms with Crippen LogP contribution < -0.4 is 0 Å². The Hall–Kier alpha value is -1.63. The minimum Gasteiger partial charge on any atom is -0.478 e. The number of thioether (sulfide) groups is 2. The first-order valence-corrected chi connectivity index (χ1v) is 5.31. The monoisotopic (exact) mass is 236 g/mol. The first-order valence-electron chi connectivity index (χ1n) is 3.67. The number of hydrogen-bond acceptors (Lipinski definition) is 5. The average molecular weight is 236 g/mol. The van der Waals surface area contributed by atoms with E-state index in [4.69, 9.17) is 15.6 Å². The van der Waals surface area contributed by atoms with Gasteiger partial charge < -0.3 is 5.11 Å². The van der Waals surface area contributed by atoms with Crippen molar-refractivity contribution in [3.8, 4) is 10.8 Å². The fourth-order valence-corrected chi connectivity index (χ4v) is 1.95. The van der Waals surface area contributed by atoms with Gasteiger partial charge in [0.05, 0.1) is 5.56 Å². The van der Waals surface area contributed by atoms with Crippen molar-refractivity contribution < 1.29 is 9.90 Å². The van der Waals surface area contributed by atoms with Crippen molar-refractivity contribution in [2.24, 2.45) is 0 Å². The molecule has 0 bridgehead atoms. The van der Waals surface area contributed by atoms with Crippen LogP contribution in [0.3, 0.4) is 0 Å². The van der Waals surface area contributed by atoms with Crippen molar-refractivity contribution in [2.45, 2.75) is 9.79 Å². The van der Waals surface area contributed by atoms with E-state index in [1.807, 2.05) is 10.8 Å². The van der Waals surface area contributed by atoms with E-state index in [0.29, 0.717) is 9.79 Å². The predicted octanol–water partition coefficient (Wildman–Crippen LogP) is 2.53. The Balaban J connectivity index is 3.16. The van der Waals surface area contributed by atoms with Crippen LogP contribution in [0, 0.1) is 21.3 Å². The Labute approximate surface area is 94.5 Å². The lowest BCUT2D eigenvalue weighted by molar-refractivity contribution is 0.0696. The van der Waals surface area contributed by atoms with E-state index in [-0.39, 0.29) is 5.56 Å². The number of hydrogen-bond donors (Lipinski definition) is 1. The highest BCUT2D eigenvalue weighted by Crippen LogP contribution is 2.26. The van der Waals surface area contributed by atoms with Crippen molar-refractivity contribution in [3.05, 3.63) is 23.8 Å². The van der Waals surface area contributed by atoms with Crippen LogP contribution in [-0.2, 0) is 0 Å². The third-order valence-electron chi connectivity index (χ3n) is 1.45. The van der Waals surface area contributed by atoms with E-state index in [1.165, 1.54) is 12.1 Å². The molecule has 0 saturated heterocycles. The van der Waals surface area contributed by atoms with E-state index in [1.54, 1.807) is 6.07 Å². The van der Waals surface area contributed by atoms with E-state index in [0.717, 1.165) is 23.5 Å². The summed E-state index contributed by atoms with van der Waals surface area (Å²) < 4.78 is 0. The second-order valence-electron chi connectivity index (χ2n) is 2.38. The number of thiocyanates is 2. The third kappa shape index (κ3) is 3.21. The molecular weight excluding hydrogens is 232 g/mol. The molecule has 1 aromatic rings. The maximum atomic E-state index is 10.7. The Morgan fingerprint density at radius 3 is 1.93 bits per heavy atom. The fourth-order valence-electron chi connectivity index (χ4n) is 0.918. The van der Waals surface area contributed by atoms with Gasteiger partial charge in [-0.1, -0.05) is 0 Å². The highest BCUT2D eigenvalue weighted by Gasteiger charge is 2.07. The van der Waals surface area contributed by atoms with Crippen LogP contribution in [-0.4, -0.2) is 11.1 Å². The van der Waals surface area contributed by atoms with Crippen LogP contribution in [0.5, 0.6) is 0 Å². The van der Waals surface area contributed by atoms with Crippen LogP contribution in [0.2, 0.25) is 0 Å². The Morgan fingerprint density at radius 1 is 1.13 bits per heavy atom. The number of carboxylic acids is 1. The highest BCUT2D eigenvalue weighted by atomic mass is 32.2. The summed E-state index contributed by atoms with van der Waals surface area (Å²) in [7, 11) is 0. The zero-order valence-corrected chi connectivity index (χ0v) is 8.93. The predicted molar refractivity (Wildman–Crippen MR) is 56.3 cm³/mol. The van der Waals surface area contributed by atoms with Gasteiger partial charge in [0.1, 0.15) is 10.8 Å². The summed E-state index contributed by atoms with van der Waals surface area (Å²) in [6.07, 6.45) is 0. The number of nitrogens with zero attached hydrogens (tertiary/aromatic N) is 2. The van der Waals surface area contributed by atoms with E-state index >= 15 is 0 Å². The second kappa shape index (κ2) is 5.30. The molecule has 0 radical (unpaired) electrons. The molecule has 1 aromatic carbocycles. The van der Waals surface area contributed by atoms with Gasteiger partial charge in [-0.2, -0.15) is 10.5 Å². The van der Waals surface area contributed by atoms with Crippen LogP contribution in [0.25, 0.3) is 0 Å². The minimum atomic E-state index is -1.07. The van der Waals surface area contributed by atoms with Gasteiger partial charge in [0.25, 0.3) is 0 Å². The standard InChI is InChI=1S/C9H4N2O2S2/c10-4-14-7-1-6(9(12)13)2-8(3-7)15-5-11/h1-3H,(H,12,13). The SMILES string of the molecule is N#CSc1cc(SC#N)cc(C(=O)O)c1. The molecule has 0 fully saturated rings.